The van der Waals surface area contributed by atoms with Crippen molar-refractivity contribution in [1.82, 2.24) is 0 Å². The molecule has 0 aromatic heterocycles. The topological polar surface area (TPSA) is 46.5 Å². The first kappa shape index (κ1) is 26.1. The minimum atomic E-state index is -0.115. The van der Waals surface area contributed by atoms with Gasteiger partial charge in [-0.15, -0.1) is 0 Å². The molecule has 5 rings (SSSR count). The fourth-order valence-electron chi connectivity index (χ4n) is 12.4. The van der Waals surface area contributed by atoms with E-state index in [1.54, 1.807) is 6.92 Å². The predicted molar refractivity (Wildman–Crippen MR) is 142 cm³/mol. The first-order chi connectivity index (χ1) is 16.3. The van der Waals surface area contributed by atoms with E-state index in [0.717, 1.165) is 24.2 Å². The third-order valence-corrected chi connectivity index (χ3v) is 14.3. The number of ether oxygens (including phenoxy) is 1. The van der Waals surface area contributed by atoms with Crippen LogP contribution in [-0.4, -0.2) is 23.8 Å². The minimum Gasteiger partial charge on any atom is -0.462 e. The number of hydrogen-bond donors (Lipinski definition) is 1. The Kier molecular flexibility index (Phi) is 6.11. The fourth-order valence-corrected chi connectivity index (χ4v) is 12.4. The summed E-state index contributed by atoms with van der Waals surface area (Å²) in [5.41, 5.74) is 1.62. The molecule has 5 saturated carbocycles. The lowest BCUT2D eigenvalue weighted by atomic mass is 9.32. The van der Waals surface area contributed by atoms with E-state index in [1.165, 1.54) is 57.8 Å². The molecule has 0 radical (unpaired) electrons. The van der Waals surface area contributed by atoms with Crippen LogP contribution in [0.25, 0.3) is 0 Å². The van der Waals surface area contributed by atoms with Gasteiger partial charge in [-0.1, -0.05) is 48.5 Å². The van der Waals surface area contributed by atoms with Crippen LogP contribution in [0.4, 0.5) is 0 Å². The van der Waals surface area contributed by atoms with Gasteiger partial charge in [-0.2, -0.15) is 0 Å². The standard InChI is InChI=1S/C32H54O3/c1-20(19-33)22-11-15-29(5)23(22)12-17-31(7)25(29)9-10-26-30(6)16-14-27(35-21(2)34)28(3,4)24(30)13-18-32(26,31)8/h20,22-27,33H,9-19H2,1-8H3/t20?,22-,23+,24+,25-,26-,27+,29+,30+,31-,32-/m1/s1. The predicted octanol–water partition coefficient (Wildman–Crippen LogP) is 7.65. The van der Waals surface area contributed by atoms with Gasteiger partial charge in [0.25, 0.3) is 0 Å². The van der Waals surface area contributed by atoms with Crippen molar-refractivity contribution in [2.75, 3.05) is 6.61 Å². The van der Waals surface area contributed by atoms with Crippen LogP contribution in [0.1, 0.15) is 120 Å². The molecule has 5 aliphatic carbocycles. The van der Waals surface area contributed by atoms with Crippen molar-refractivity contribution in [3.8, 4) is 0 Å². The summed E-state index contributed by atoms with van der Waals surface area (Å²) in [5.74, 6) is 4.05. The van der Waals surface area contributed by atoms with E-state index < -0.39 is 0 Å². The van der Waals surface area contributed by atoms with E-state index >= 15 is 0 Å². The third kappa shape index (κ3) is 3.34. The third-order valence-electron chi connectivity index (χ3n) is 14.3. The zero-order valence-electron chi connectivity index (χ0n) is 24.1. The maximum atomic E-state index is 11.9. The normalized spacial score (nSPS) is 53.5. The summed E-state index contributed by atoms with van der Waals surface area (Å²) in [7, 11) is 0. The van der Waals surface area contributed by atoms with Crippen LogP contribution in [0, 0.1) is 62.6 Å². The minimum absolute atomic E-state index is 0.0422. The van der Waals surface area contributed by atoms with Crippen molar-refractivity contribution in [1.29, 1.82) is 0 Å². The van der Waals surface area contributed by atoms with Gasteiger partial charge < -0.3 is 9.84 Å². The highest BCUT2D eigenvalue weighted by Gasteiger charge is 2.71. The quantitative estimate of drug-likeness (QED) is 0.417. The molecular weight excluding hydrogens is 432 g/mol. The summed E-state index contributed by atoms with van der Waals surface area (Å²) < 4.78 is 5.91. The van der Waals surface area contributed by atoms with Gasteiger partial charge in [-0.05, 0) is 121 Å². The summed E-state index contributed by atoms with van der Waals surface area (Å²) in [6, 6.07) is 0. The molecular formula is C32H54O3. The molecule has 3 heteroatoms. The van der Waals surface area contributed by atoms with Crippen LogP contribution < -0.4 is 0 Å². The van der Waals surface area contributed by atoms with Gasteiger partial charge in [0.15, 0.2) is 0 Å². The molecule has 0 heterocycles. The largest absolute Gasteiger partial charge is 0.462 e. The molecule has 5 fully saturated rings. The molecule has 5 aliphatic rings. The number of aliphatic hydroxyl groups is 1. The number of carbonyl (C=O) groups is 1. The number of rotatable bonds is 3. The number of fused-ring (bicyclic) bond motifs is 7. The lowest BCUT2D eigenvalue weighted by molar-refractivity contribution is -0.253. The molecule has 200 valence electrons. The maximum Gasteiger partial charge on any atom is 0.302 e. The van der Waals surface area contributed by atoms with Crippen molar-refractivity contribution >= 4 is 5.97 Å². The smallest absolute Gasteiger partial charge is 0.302 e. The summed E-state index contributed by atoms with van der Waals surface area (Å²) in [5, 5.41) is 9.97. The Morgan fingerprint density at radius 1 is 0.800 bits per heavy atom. The lowest BCUT2D eigenvalue weighted by Gasteiger charge is -2.73. The summed E-state index contributed by atoms with van der Waals surface area (Å²) >= 11 is 0. The zero-order valence-corrected chi connectivity index (χ0v) is 24.1. The van der Waals surface area contributed by atoms with Crippen LogP contribution >= 0.6 is 0 Å². The van der Waals surface area contributed by atoms with Crippen LogP contribution in [0.3, 0.4) is 0 Å². The van der Waals surface area contributed by atoms with Gasteiger partial charge in [0, 0.05) is 18.9 Å². The van der Waals surface area contributed by atoms with Gasteiger partial charge in [0.05, 0.1) is 0 Å². The van der Waals surface area contributed by atoms with E-state index in [-0.39, 0.29) is 17.5 Å². The van der Waals surface area contributed by atoms with Gasteiger partial charge >= 0.3 is 5.97 Å². The Labute approximate surface area is 215 Å². The van der Waals surface area contributed by atoms with Gasteiger partial charge in [-0.3, -0.25) is 4.79 Å². The fraction of sp³-hybridized carbons (Fsp3) is 0.969. The molecule has 35 heavy (non-hydrogen) atoms. The molecule has 1 N–H and O–H groups in total. The highest BCUT2D eigenvalue weighted by molar-refractivity contribution is 5.66. The van der Waals surface area contributed by atoms with Crippen LogP contribution in [0.15, 0.2) is 0 Å². The summed E-state index contributed by atoms with van der Waals surface area (Å²) in [6.07, 6.45) is 13.1. The number of esters is 1. The Morgan fingerprint density at radius 2 is 1.37 bits per heavy atom. The molecule has 0 aromatic carbocycles. The Morgan fingerprint density at radius 3 is 1.97 bits per heavy atom. The van der Waals surface area contributed by atoms with E-state index in [9.17, 15) is 9.90 Å². The first-order valence-corrected chi connectivity index (χ1v) is 15.0. The van der Waals surface area contributed by atoms with Crippen molar-refractivity contribution in [2.45, 2.75) is 126 Å². The molecule has 0 bridgehead atoms. The van der Waals surface area contributed by atoms with Crippen LogP contribution in [0.5, 0.6) is 0 Å². The highest BCUT2D eigenvalue weighted by atomic mass is 16.5. The average molecular weight is 487 g/mol. The lowest BCUT2D eigenvalue weighted by Crippen LogP contribution is -2.67. The monoisotopic (exact) mass is 486 g/mol. The average Bonchev–Trinajstić information content (AvgIpc) is 3.12. The molecule has 0 saturated heterocycles. The SMILES string of the molecule is CC(=O)O[C@H]1CC[C@]2(C)[C@H]3CC[C@@H]4[C@@]5(C)CC[C@H](C(C)CO)[C@@H]5CC[C@@]4(C)[C@]3(C)CC[C@H]2C1(C)C. The molecule has 3 nitrogen and oxygen atoms in total. The first-order valence-electron chi connectivity index (χ1n) is 15.0. The Bertz CT molecular complexity index is 850. The van der Waals surface area contributed by atoms with E-state index in [4.69, 9.17) is 4.74 Å². The summed E-state index contributed by atoms with van der Waals surface area (Å²) in [6.45, 7) is 19.7. The van der Waals surface area contributed by atoms with Gasteiger partial charge in [-0.25, -0.2) is 0 Å². The Hall–Kier alpha value is -0.570. The molecule has 0 aliphatic heterocycles. The van der Waals surface area contributed by atoms with Crippen LogP contribution in [-0.2, 0) is 9.53 Å². The molecule has 1 unspecified atom stereocenters. The van der Waals surface area contributed by atoms with Gasteiger partial charge in [0.1, 0.15) is 6.10 Å². The van der Waals surface area contributed by atoms with Gasteiger partial charge in [0.2, 0.25) is 0 Å². The number of aliphatic hydroxyl groups excluding tert-OH is 1. The molecule has 0 amide bonds. The Balaban J connectivity index is 1.46. The molecule has 0 aromatic rings. The zero-order chi connectivity index (χ0) is 25.6. The molecule has 11 atom stereocenters. The van der Waals surface area contributed by atoms with Crippen LogP contribution in [0.2, 0.25) is 0 Å². The van der Waals surface area contributed by atoms with E-state index in [1.807, 2.05) is 0 Å². The second kappa shape index (κ2) is 8.21. The molecule has 0 spiro atoms. The maximum absolute atomic E-state index is 11.9. The number of hydrogen-bond acceptors (Lipinski definition) is 3. The highest BCUT2D eigenvalue weighted by Crippen LogP contribution is 2.78. The second-order valence-corrected chi connectivity index (χ2v) is 15.6. The second-order valence-electron chi connectivity index (χ2n) is 15.6. The number of carbonyl (C=O) groups excluding carboxylic acids is 1. The van der Waals surface area contributed by atoms with Crippen molar-refractivity contribution in [3.05, 3.63) is 0 Å². The van der Waals surface area contributed by atoms with Crippen molar-refractivity contribution in [3.63, 3.8) is 0 Å². The van der Waals surface area contributed by atoms with E-state index in [2.05, 4.69) is 48.5 Å². The summed E-state index contributed by atoms with van der Waals surface area (Å²) in [4.78, 5) is 11.9. The van der Waals surface area contributed by atoms with Crippen molar-refractivity contribution in [2.24, 2.45) is 62.6 Å². The van der Waals surface area contributed by atoms with Crippen molar-refractivity contribution < 1.29 is 14.6 Å². The van der Waals surface area contributed by atoms with E-state index in [0.29, 0.717) is 46.0 Å².